The van der Waals surface area contributed by atoms with Crippen LogP contribution in [0.4, 0.5) is 0 Å². The molecule has 30 heavy (non-hydrogen) atoms. The Morgan fingerprint density at radius 2 is 0.733 bits per heavy atom. The summed E-state index contributed by atoms with van der Waals surface area (Å²) in [6.07, 6.45) is 21.4. The van der Waals surface area contributed by atoms with Crippen molar-refractivity contribution in [3.63, 3.8) is 0 Å². The summed E-state index contributed by atoms with van der Waals surface area (Å²) >= 11 is 0. The normalized spacial score (nSPS) is 13.7. The highest BCUT2D eigenvalue weighted by Crippen LogP contribution is 2.23. The maximum Gasteiger partial charge on any atom is -0.0323 e. The Balaban J connectivity index is 3.56. The van der Waals surface area contributed by atoms with Crippen LogP contribution in [0.25, 0.3) is 0 Å². The molecule has 0 aromatic heterocycles. The summed E-state index contributed by atoms with van der Waals surface area (Å²) < 4.78 is 0. The summed E-state index contributed by atoms with van der Waals surface area (Å²) in [5, 5.41) is 0. The number of hydrogen-bond acceptors (Lipinski definition) is 0. The second kappa shape index (κ2) is 19.2. The molecule has 2 atom stereocenters. The molecule has 0 nitrogen and oxygen atoms in total. The van der Waals surface area contributed by atoms with Gasteiger partial charge in [0.05, 0.1) is 0 Å². The molecular weight excluding hydrogens is 360 g/mol. The van der Waals surface area contributed by atoms with Crippen molar-refractivity contribution in [1.82, 2.24) is 0 Å². The Bertz CT molecular complexity index is 374. The van der Waals surface area contributed by atoms with Gasteiger partial charge in [0, 0.05) is 0 Å². The first-order chi connectivity index (χ1) is 14.2. The first-order valence-corrected chi connectivity index (χ1v) is 13.5. The molecule has 0 bridgehead atoms. The van der Waals surface area contributed by atoms with Gasteiger partial charge in [-0.2, -0.15) is 0 Å². The maximum atomic E-state index is 4.34. The van der Waals surface area contributed by atoms with Gasteiger partial charge >= 0.3 is 0 Å². The van der Waals surface area contributed by atoms with Crippen molar-refractivity contribution in [3.8, 4) is 0 Å². The molecular formula is C30H58. The van der Waals surface area contributed by atoms with Crippen molar-refractivity contribution >= 4 is 0 Å². The predicted molar refractivity (Wildman–Crippen MR) is 140 cm³/mol. The van der Waals surface area contributed by atoms with Crippen molar-refractivity contribution < 1.29 is 0 Å². The predicted octanol–water partition coefficient (Wildman–Crippen LogP) is 10.9. The van der Waals surface area contributed by atoms with E-state index in [0.717, 1.165) is 23.7 Å². The lowest BCUT2D eigenvalue weighted by atomic mass is 9.93. The zero-order valence-electron chi connectivity index (χ0n) is 22.0. The highest BCUT2D eigenvalue weighted by atomic mass is 14.1. The van der Waals surface area contributed by atoms with E-state index in [4.69, 9.17) is 0 Å². The maximum absolute atomic E-state index is 4.34. The van der Waals surface area contributed by atoms with E-state index in [1.54, 1.807) is 0 Å². The van der Waals surface area contributed by atoms with Crippen molar-refractivity contribution in [3.05, 3.63) is 24.3 Å². The SMILES string of the molecule is C=C(CCCCC(=C)CCCC(C)CCCC(C)C)CCCC(C)CCCC(C)C. The van der Waals surface area contributed by atoms with Gasteiger partial charge in [0.25, 0.3) is 0 Å². The molecule has 178 valence electrons. The van der Waals surface area contributed by atoms with Gasteiger partial charge in [-0.3, -0.25) is 0 Å². The van der Waals surface area contributed by atoms with Crippen LogP contribution in [-0.4, -0.2) is 0 Å². The lowest BCUT2D eigenvalue weighted by Gasteiger charge is -2.13. The minimum absolute atomic E-state index is 0.858. The molecule has 0 aromatic carbocycles. The Morgan fingerprint density at radius 1 is 0.433 bits per heavy atom. The Kier molecular flexibility index (Phi) is 18.9. The Labute approximate surface area is 192 Å². The third kappa shape index (κ3) is 20.7. The number of allylic oxidation sites excluding steroid dienone is 2. The van der Waals surface area contributed by atoms with E-state index in [0.29, 0.717) is 0 Å². The van der Waals surface area contributed by atoms with Crippen molar-refractivity contribution in [2.24, 2.45) is 23.7 Å². The lowest BCUT2D eigenvalue weighted by molar-refractivity contribution is 0.425. The average molecular weight is 419 g/mol. The molecule has 0 radical (unpaired) electrons. The first kappa shape index (κ1) is 29.5. The molecule has 0 rings (SSSR count). The van der Waals surface area contributed by atoms with Gasteiger partial charge in [-0.1, -0.05) is 117 Å². The van der Waals surface area contributed by atoms with E-state index in [1.165, 1.54) is 114 Å². The van der Waals surface area contributed by atoms with Crippen molar-refractivity contribution in [1.29, 1.82) is 0 Å². The Morgan fingerprint density at radius 3 is 1.07 bits per heavy atom. The van der Waals surface area contributed by atoms with Crippen LogP contribution in [0.5, 0.6) is 0 Å². The number of unbranched alkanes of at least 4 members (excludes halogenated alkanes) is 1. The van der Waals surface area contributed by atoms with Gasteiger partial charge in [0.1, 0.15) is 0 Å². The van der Waals surface area contributed by atoms with E-state index in [9.17, 15) is 0 Å². The summed E-state index contributed by atoms with van der Waals surface area (Å²) in [6.45, 7) is 22.9. The topological polar surface area (TPSA) is 0 Å². The van der Waals surface area contributed by atoms with Crippen LogP contribution >= 0.6 is 0 Å². The first-order valence-electron chi connectivity index (χ1n) is 13.5. The summed E-state index contributed by atoms with van der Waals surface area (Å²) in [4.78, 5) is 0. The quantitative estimate of drug-likeness (QED) is 0.128. The van der Waals surface area contributed by atoms with Crippen LogP contribution in [0.1, 0.15) is 144 Å². The average Bonchev–Trinajstić information content (AvgIpc) is 2.64. The second-order valence-electron chi connectivity index (χ2n) is 11.4. The zero-order valence-corrected chi connectivity index (χ0v) is 22.0. The third-order valence-corrected chi connectivity index (χ3v) is 6.72. The molecule has 0 aliphatic carbocycles. The second-order valence-corrected chi connectivity index (χ2v) is 11.4. The summed E-state index contributed by atoms with van der Waals surface area (Å²) in [5.74, 6) is 3.49. The van der Waals surface area contributed by atoms with Crippen LogP contribution in [0.2, 0.25) is 0 Å². The fourth-order valence-corrected chi connectivity index (χ4v) is 4.44. The van der Waals surface area contributed by atoms with E-state index >= 15 is 0 Å². The molecule has 0 saturated carbocycles. The van der Waals surface area contributed by atoms with Gasteiger partial charge < -0.3 is 0 Å². The van der Waals surface area contributed by atoms with Gasteiger partial charge in [0.2, 0.25) is 0 Å². The van der Waals surface area contributed by atoms with E-state index in [-0.39, 0.29) is 0 Å². The summed E-state index contributed by atoms with van der Waals surface area (Å²) in [6, 6.07) is 0. The molecule has 0 saturated heterocycles. The fourth-order valence-electron chi connectivity index (χ4n) is 4.44. The Hall–Kier alpha value is -0.520. The zero-order chi connectivity index (χ0) is 22.8. The lowest BCUT2D eigenvalue weighted by Crippen LogP contribution is -1.97. The van der Waals surface area contributed by atoms with E-state index < -0.39 is 0 Å². The molecule has 0 fully saturated rings. The monoisotopic (exact) mass is 418 g/mol. The molecule has 0 heteroatoms. The standard InChI is InChI=1S/C30H58/c1-25(2)15-11-19-29(7)23-13-21-27(5)17-9-10-18-28(6)22-14-24-30(8)20-12-16-26(3)4/h25-26,29-30H,5-6,9-24H2,1-4,7-8H3. The van der Waals surface area contributed by atoms with Gasteiger partial charge in [0.15, 0.2) is 0 Å². The van der Waals surface area contributed by atoms with Crippen LogP contribution in [0.3, 0.4) is 0 Å². The van der Waals surface area contributed by atoms with Crippen LogP contribution in [0, 0.1) is 23.7 Å². The minimum atomic E-state index is 0.858. The summed E-state index contributed by atoms with van der Waals surface area (Å²) in [7, 11) is 0. The molecule has 0 heterocycles. The van der Waals surface area contributed by atoms with Crippen LogP contribution < -0.4 is 0 Å². The highest BCUT2D eigenvalue weighted by Gasteiger charge is 2.06. The molecule has 0 spiro atoms. The third-order valence-electron chi connectivity index (χ3n) is 6.72. The molecule has 0 aliphatic heterocycles. The van der Waals surface area contributed by atoms with Crippen LogP contribution in [-0.2, 0) is 0 Å². The van der Waals surface area contributed by atoms with Crippen molar-refractivity contribution in [2.75, 3.05) is 0 Å². The van der Waals surface area contributed by atoms with E-state index in [2.05, 4.69) is 54.7 Å². The number of rotatable bonds is 21. The molecule has 0 N–H and O–H groups in total. The molecule has 0 aromatic rings. The smallest absolute Gasteiger partial charge is 0.0323 e. The fraction of sp³-hybridized carbons (Fsp3) is 0.867. The number of hydrogen-bond donors (Lipinski definition) is 0. The van der Waals surface area contributed by atoms with Crippen LogP contribution in [0.15, 0.2) is 24.3 Å². The van der Waals surface area contributed by atoms with Gasteiger partial charge in [-0.15, -0.1) is 0 Å². The molecule has 0 amide bonds. The van der Waals surface area contributed by atoms with Gasteiger partial charge in [-0.25, -0.2) is 0 Å². The van der Waals surface area contributed by atoms with Crippen molar-refractivity contribution in [2.45, 2.75) is 144 Å². The molecule has 0 aliphatic rings. The van der Waals surface area contributed by atoms with E-state index in [1.807, 2.05) is 0 Å². The minimum Gasteiger partial charge on any atom is -0.0999 e. The largest absolute Gasteiger partial charge is 0.0999 e. The summed E-state index contributed by atoms with van der Waals surface area (Å²) in [5.41, 5.74) is 2.95. The molecule has 2 unspecified atom stereocenters. The van der Waals surface area contributed by atoms with Gasteiger partial charge in [-0.05, 0) is 75.0 Å². The highest BCUT2D eigenvalue weighted by molar-refractivity contribution is 4.96.